The molecule has 0 unspecified atom stereocenters. The minimum atomic E-state index is -0.481. The van der Waals surface area contributed by atoms with E-state index in [9.17, 15) is 5.11 Å². The van der Waals surface area contributed by atoms with Gasteiger partial charge in [0.15, 0.2) is 6.29 Å². The fourth-order valence-corrected chi connectivity index (χ4v) is 2.09. The highest BCUT2D eigenvalue weighted by Crippen LogP contribution is 2.24. The summed E-state index contributed by atoms with van der Waals surface area (Å²) in [5.41, 5.74) is 1.31. The lowest BCUT2D eigenvalue weighted by Crippen LogP contribution is -2.22. The van der Waals surface area contributed by atoms with E-state index in [2.05, 4.69) is 12.1 Å². The molecule has 1 saturated heterocycles. The molecular formula is C13H18O3. The highest BCUT2D eigenvalue weighted by atomic mass is 16.7. The van der Waals surface area contributed by atoms with Gasteiger partial charge in [0, 0.05) is 13.5 Å². The number of hydrogen-bond acceptors (Lipinski definition) is 3. The third kappa shape index (κ3) is 2.82. The number of aliphatic hydroxyl groups excluding tert-OH is 1. The molecule has 1 aromatic carbocycles. The summed E-state index contributed by atoms with van der Waals surface area (Å²) < 4.78 is 10.6. The molecule has 0 amide bonds. The Balaban J connectivity index is 1.80. The second-order valence-electron chi connectivity index (χ2n) is 4.19. The highest BCUT2D eigenvalue weighted by molar-refractivity contribution is 5.14. The summed E-state index contributed by atoms with van der Waals surface area (Å²) in [6.07, 6.45) is 1.77. The Labute approximate surface area is 96.0 Å². The number of ether oxygens (including phenoxy) is 2. The number of aliphatic hydroxyl groups is 1. The molecule has 1 N–H and O–H groups in total. The zero-order valence-corrected chi connectivity index (χ0v) is 9.50. The SMILES string of the molecule is CO[C@@H]1O[C@H](CCc2ccccc2)C[C@H]1O. The minimum Gasteiger partial charge on any atom is -0.388 e. The quantitative estimate of drug-likeness (QED) is 0.843. The molecule has 3 nitrogen and oxygen atoms in total. The molecule has 1 fully saturated rings. The van der Waals surface area contributed by atoms with Crippen LogP contribution in [0, 0.1) is 0 Å². The van der Waals surface area contributed by atoms with Crippen LogP contribution in [0.4, 0.5) is 0 Å². The van der Waals surface area contributed by atoms with E-state index in [1.165, 1.54) is 5.56 Å². The maximum Gasteiger partial charge on any atom is 0.183 e. The Kier molecular flexibility index (Phi) is 3.93. The Morgan fingerprint density at radius 3 is 2.75 bits per heavy atom. The van der Waals surface area contributed by atoms with Gasteiger partial charge in [0.2, 0.25) is 0 Å². The van der Waals surface area contributed by atoms with Gasteiger partial charge in [-0.15, -0.1) is 0 Å². The van der Waals surface area contributed by atoms with Crippen molar-refractivity contribution in [2.24, 2.45) is 0 Å². The molecule has 1 heterocycles. The van der Waals surface area contributed by atoms with Crippen molar-refractivity contribution in [1.82, 2.24) is 0 Å². The van der Waals surface area contributed by atoms with Gasteiger partial charge in [-0.2, -0.15) is 0 Å². The summed E-state index contributed by atoms with van der Waals surface area (Å²) in [6, 6.07) is 10.3. The number of rotatable bonds is 4. The number of hydrogen-bond donors (Lipinski definition) is 1. The first kappa shape index (κ1) is 11.6. The molecule has 16 heavy (non-hydrogen) atoms. The van der Waals surface area contributed by atoms with Crippen LogP contribution in [0.25, 0.3) is 0 Å². The van der Waals surface area contributed by atoms with Crippen LogP contribution in [0.15, 0.2) is 30.3 Å². The second kappa shape index (κ2) is 5.43. The molecule has 0 spiro atoms. The van der Waals surface area contributed by atoms with E-state index in [-0.39, 0.29) is 6.10 Å². The van der Waals surface area contributed by atoms with E-state index < -0.39 is 12.4 Å². The van der Waals surface area contributed by atoms with Gasteiger partial charge < -0.3 is 14.6 Å². The van der Waals surface area contributed by atoms with Gasteiger partial charge in [0.1, 0.15) is 6.10 Å². The van der Waals surface area contributed by atoms with Crippen molar-refractivity contribution in [1.29, 1.82) is 0 Å². The molecule has 3 heteroatoms. The second-order valence-corrected chi connectivity index (χ2v) is 4.19. The maximum atomic E-state index is 9.61. The van der Waals surface area contributed by atoms with Crippen molar-refractivity contribution < 1.29 is 14.6 Å². The van der Waals surface area contributed by atoms with E-state index in [4.69, 9.17) is 9.47 Å². The Morgan fingerprint density at radius 1 is 1.38 bits per heavy atom. The van der Waals surface area contributed by atoms with Crippen LogP contribution in [-0.2, 0) is 15.9 Å². The first-order valence-electron chi connectivity index (χ1n) is 5.70. The smallest absolute Gasteiger partial charge is 0.183 e. The molecule has 1 aromatic rings. The van der Waals surface area contributed by atoms with Gasteiger partial charge in [-0.05, 0) is 18.4 Å². The van der Waals surface area contributed by atoms with Crippen molar-refractivity contribution in [3.8, 4) is 0 Å². The molecule has 3 atom stereocenters. The average Bonchev–Trinajstić information content (AvgIpc) is 2.69. The lowest BCUT2D eigenvalue weighted by Gasteiger charge is -2.12. The standard InChI is InChI=1S/C13H18O3/c1-15-13-12(14)9-11(16-13)8-7-10-5-3-2-4-6-10/h2-6,11-14H,7-9H2,1H3/t11-,12-,13-/m1/s1. The molecule has 0 saturated carbocycles. The predicted octanol–water partition coefficient (Wildman–Crippen LogP) is 1.74. The number of benzene rings is 1. The van der Waals surface area contributed by atoms with Crippen LogP contribution in [0.1, 0.15) is 18.4 Å². The van der Waals surface area contributed by atoms with Crippen molar-refractivity contribution in [3.63, 3.8) is 0 Å². The summed E-state index contributed by atoms with van der Waals surface area (Å²) in [6.45, 7) is 0. The van der Waals surface area contributed by atoms with Crippen LogP contribution >= 0.6 is 0 Å². The lowest BCUT2D eigenvalue weighted by molar-refractivity contribution is -0.148. The molecule has 1 aliphatic rings. The van der Waals surface area contributed by atoms with Crippen LogP contribution in [0.2, 0.25) is 0 Å². The molecular weight excluding hydrogens is 204 g/mol. The van der Waals surface area contributed by atoms with E-state index in [1.807, 2.05) is 18.2 Å². The van der Waals surface area contributed by atoms with Crippen LogP contribution in [0.3, 0.4) is 0 Å². The third-order valence-electron chi connectivity index (χ3n) is 2.98. The fraction of sp³-hybridized carbons (Fsp3) is 0.538. The van der Waals surface area contributed by atoms with Gasteiger partial charge in [-0.25, -0.2) is 0 Å². The topological polar surface area (TPSA) is 38.7 Å². The van der Waals surface area contributed by atoms with Crippen molar-refractivity contribution in [2.75, 3.05) is 7.11 Å². The third-order valence-corrected chi connectivity index (χ3v) is 2.98. The van der Waals surface area contributed by atoms with Crippen molar-refractivity contribution >= 4 is 0 Å². The van der Waals surface area contributed by atoms with Gasteiger partial charge in [-0.1, -0.05) is 30.3 Å². The maximum absolute atomic E-state index is 9.61. The Bertz CT molecular complexity index is 312. The van der Waals surface area contributed by atoms with Crippen LogP contribution in [0.5, 0.6) is 0 Å². The summed E-state index contributed by atoms with van der Waals surface area (Å²) in [7, 11) is 1.56. The van der Waals surface area contributed by atoms with E-state index in [0.29, 0.717) is 6.42 Å². The average molecular weight is 222 g/mol. The molecule has 0 aromatic heterocycles. The molecule has 0 bridgehead atoms. The lowest BCUT2D eigenvalue weighted by atomic mass is 10.0. The summed E-state index contributed by atoms with van der Waals surface area (Å²) in [5, 5.41) is 9.61. The zero-order valence-electron chi connectivity index (χ0n) is 9.50. The summed E-state index contributed by atoms with van der Waals surface area (Å²) in [5.74, 6) is 0. The molecule has 0 radical (unpaired) electrons. The van der Waals surface area contributed by atoms with Gasteiger partial charge in [0.25, 0.3) is 0 Å². The van der Waals surface area contributed by atoms with Gasteiger partial charge >= 0.3 is 0 Å². The number of methoxy groups -OCH3 is 1. The molecule has 0 aliphatic carbocycles. The van der Waals surface area contributed by atoms with Gasteiger partial charge in [-0.3, -0.25) is 0 Å². The Hall–Kier alpha value is -0.900. The van der Waals surface area contributed by atoms with Crippen LogP contribution in [-0.4, -0.2) is 30.7 Å². The monoisotopic (exact) mass is 222 g/mol. The summed E-state index contributed by atoms with van der Waals surface area (Å²) in [4.78, 5) is 0. The molecule has 2 rings (SSSR count). The van der Waals surface area contributed by atoms with Crippen molar-refractivity contribution in [3.05, 3.63) is 35.9 Å². The van der Waals surface area contributed by atoms with Crippen LogP contribution < -0.4 is 0 Å². The molecule has 1 aliphatic heterocycles. The number of aryl methyl sites for hydroxylation is 1. The zero-order chi connectivity index (χ0) is 11.4. The first-order chi connectivity index (χ1) is 7.79. The largest absolute Gasteiger partial charge is 0.388 e. The molecule has 88 valence electrons. The van der Waals surface area contributed by atoms with Crippen molar-refractivity contribution in [2.45, 2.75) is 37.8 Å². The van der Waals surface area contributed by atoms with E-state index >= 15 is 0 Å². The predicted molar refractivity (Wildman–Crippen MR) is 61.1 cm³/mol. The Morgan fingerprint density at radius 2 is 2.12 bits per heavy atom. The first-order valence-corrected chi connectivity index (χ1v) is 5.70. The minimum absolute atomic E-state index is 0.111. The summed E-state index contributed by atoms with van der Waals surface area (Å²) >= 11 is 0. The van der Waals surface area contributed by atoms with E-state index in [1.54, 1.807) is 7.11 Å². The normalized spacial score (nSPS) is 29.5. The fourth-order valence-electron chi connectivity index (χ4n) is 2.09. The van der Waals surface area contributed by atoms with E-state index in [0.717, 1.165) is 12.8 Å². The highest BCUT2D eigenvalue weighted by Gasteiger charge is 2.33. The van der Waals surface area contributed by atoms with Gasteiger partial charge in [0.05, 0.1) is 6.10 Å².